The van der Waals surface area contributed by atoms with Crippen LogP contribution in [0.2, 0.25) is 0 Å². The molecule has 1 atom stereocenters. The summed E-state index contributed by atoms with van der Waals surface area (Å²) in [6.07, 6.45) is 2.45. The summed E-state index contributed by atoms with van der Waals surface area (Å²) in [6.45, 7) is 7.86. The Balaban J connectivity index is 1.26. The monoisotopic (exact) mass is 419 g/mol. The maximum atomic E-state index is 13.0. The number of carbonyl (C=O) groups excluding carboxylic acids is 3. The van der Waals surface area contributed by atoms with Gasteiger partial charge in [0.2, 0.25) is 5.91 Å². The third-order valence-corrected chi connectivity index (χ3v) is 7.59. The van der Waals surface area contributed by atoms with Crippen LogP contribution in [0.4, 0.5) is 4.79 Å². The number of ether oxygens (including phenoxy) is 1. The van der Waals surface area contributed by atoms with Crippen molar-refractivity contribution in [3.05, 3.63) is 21.9 Å². The first-order valence-corrected chi connectivity index (χ1v) is 11.3. The van der Waals surface area contributed by atoms with Crippen LogP contribution in [0.15, 0.2) is 12.1 Å². The smallest absolute Gasteiger partial charge is 0.409 e. The van der Waals surface area contributed by atoms with E-state index in [9.17, 15) is 14.4 Å². The van der Waals surface area contributed by atoms with Gasteiger partial charge in [0.05, 0.1) is 11.5 Å². The van der Waals surface area contributed by atoms with Crippen LogP contribution in [0, 0.1) is 18.3 Å². The molecule has 1 aromatic heterocycles. The second-order valence-electron chi connectivity index (χ2n) is 8.33. The molecule has 1 spiro atoms. The third-order valence-electron chi connectivity index (χ3n) is 6.60. The van der Waals surface area contributed by atoms with Crippen molar-refractivity contribution in [2.45, 2.75) is 33.1 Å². The van der Waals surface area contributed by atoms with Crippen LogP contribution < -0.4 is 0 Å². The Bertz CT molecular complexity index is 792. The molecule has 158 valence electrons. The molecule has 4 rings (SSSR count). The Hall–Kier alpha value is -2.09. The van der Waals surface area contributed by atoms with Crippen molar-refractivity contribution in [2.24, 2.45) is 11.3 Å². The van der Waals surface area contributed by atoms with Gasteiger partial charge >= 0.3 is 6.09 Å². The van der Waals surface area contributed by atoms with Crippen molar-refractivity contribution in [1.82, 2.24) is 14.7 Å². The van der Waals surface area contributed by atoms with Crippen LogP contribution in [0.25, 0.3) is 0 Å². The number of nitrogens with zero attached hydrogens (tertiary/aromatic N) is 3. The fourth-order valence-corrected chi connectivity index (χ4v) is 5.49. The number of piperazine rings is 1. The first-order valence-electron chi connectivity index (χ1n) is 10.5. The predicted octanol–water partition coefficient (Wildman–Crippen LogP) is 2.60. The fraction of sp³-hybridized carbons (Fsp3) is 0.667. The molecule has 1 aromatic rings. The van der Waals surface area contributed by atoms with Crippen LogP contribution in [0.5, 0.6) is 0 Å². The van der Waals surface area contributed by atoms with Gasteiger partial charge in [0.15, 0.2) is 0 Å². The standard InChI is InChI=1S/C21H29N3O4S/c1-3-28-20(27)24-12-10-23(11-13-24)18(25)16-14-21(16)6-8-22(9-7-21)19(26)17-5-4-15(2)29-17/h4-5,16H,3,6-14H2,1-2H3/t16-/m0/s1. The number of likely N-dealkylation sites (tertiary alicyclic amines) is 1. The van der Waals surface area contributed by atoms with Gasteiger partial charge < -0.3 is 19.4 Å². The molecule has 0 bridgehead atoms. The molecule has 1 aliphatic carbocycles. The minimum atomic E-state index is -0.291. The predicted molar refractivity (Wildman–Crippen MR) is 110 cm³/mol. The molecule has 2 aliphatic heterocycles. The number of amides is 3. The van der Waals surface area contributed by atoms with Crippen LogP contribution in [-0.2, 0) is 9.53 Å². The number of hydrogen-bond donors (Lipinski definition) is 0. The number of piperidine rings is 1. The molecule has 3 heterocycles. The fourth-order valence-electron chi connectivity index (χ4n) is 4.65. The first kappa shape index (κ1) is 20.2. The van der Waals surface area contributed by atoms with Gasteiger partial charge in [0.1, 0.15) is 0 Å². The number of thiophene rings is 1. The third kappa shape index (κ3) is 3.99. The topological polar surface area (TPSA) is 70.2 Å². The Morgan fingerprint density at radius 2 is 1.69 bits per heavy atom. The molecule has 3 amide bonds. The van der Waals surface area contributed by atoms with Crippen molar-refractivity contribution in [2.75, 3.05) is 45.9 Å². The van der Waals surface area contributed by atoms with E-state index in [1.807, 2.05) is 28.9 Å². The van der Waals surface area contributed by atoms with Gasteiger partial charge in [-0.1, -0.05) is 0 Å². The molecule has 1 saturated carbocycles. The summed E-state index contributed by atoms with van der Waals surface area (Å²) < 4.78 is 5.04. The summed E-state index contributed by atoms with van der Waals surface area (Å²) in [5, 5.41) is 0. The minimum Gasteiger partial charge on any atom is -0.450 e. The summed E-state index contributed by atoms with van der Waals surface area (Å²) in [7, 11) is 0. The zero-order valence-electron chi connectivity index (χ0n) is 17.2. The molecule has 29 heavy (non-hydrogen) atoms. The second kappa shape index (κ2) is 7.97. The van der Waals surface area contributed by atoms with Crippen LogP contribution >= 0.6 is 11.3 Å². The lowest BCUT2D eigenvalue weighted by atomic mass is 9.90. The summed E-state index contributed by atoms with van der Waals surface area (Å²) in [4.78, 5) is 44.9. The summed E-state index contributed by atoms with van der Waals surface area (Å²) in [6, 6.07) is 3.90. The van der Waals surface area contributed by atoms with E-state index in [0.29, 0.717) is 32.8 Å². The molecule has 3 fully saturated rings. The summed E-state index contributed by atoms with van der Waals surface area (Å²) in [5.74, 6) is 0.427. The van der Waals surface area contributed by atoms with Gasteiger partial charge in [-0.3, -0.25) is 9.59 Å². The Labute approximate surface area is 175 Å². The normalized spacial score (nSPS) is 23.2. The average Bonchev–Trinajstić information content (AvgIpc) is 3.25. The molecule has 0 aromatic carbocycles. The van der Waals surface area contributed by atoms with Crippen LogP contribution in [0.3, 0.4) is 0 Å². The Morgan fingerprint density at radius 1 is 1.03 bits per heavy atom. The minimum absolute atomic E-state index is 0.0809. The highest BCUT2D eigenvalue weighted by molar-refractivity contribution is 7.13. The molecule has 3 aliphatic rings. The van der Waals surface area contributed by atoms with Crippen molar-refractivity contribution < 1.29 is 19.1 Å². The van der Waals surface area contributed by atoms with Gasteiger partial charge in [-0.2, -0.15) is 0 Å². The molecule has 2 saturated heterocycles. The van der Waals surface area contributed by atoms with Crippen LogP contribution in [0.1, 0.15) is 40.7 Å². The van der Waals surface area contributed by atoms with Crippen molar-refractivity contribution in [1.29, 1.82) is 0 Å². The highest BCUT2D eigenvalue weighted by Crippen LogP contribution is 2.60. The SMILES string of the molecule is CCOC(=O)N1CCN(C(=O)[C@@H]2CC23CCN(C(=O)c2ccc(C)s2)CC3)CC1. The lowest BCUT2D eigenvalue weighted by molar-refractivity contribution is -0.135. The highest BCUT2D eigenvalue weighted by Gasteiger charge is 2.59. The molecule has 0 radical (unpaired) electrons. The van der Waals surface area contributed by atoms with Gasteiger partial charge in [0.25, 0.3) is 5.91 Å². The van der Waals surface area contributed by atoms with E-state index >= 15 is 0 Å². The number of rotatable bonds is 3. The van der Waals surface area contributed by atoms with Gasteiger partial charge in [-0.15, -0.1) is 11.3 Å². The largest absolute Gasteiger partial charge is 0.450 e. The zero-order chi connectivity index (χ0) is 20.6. The van der Waals surface area contributed by atoms with E-state index in [0.717, 1.165) is 42.1 Å². The molecular weight excluding hydrogens is 390 g/mol. The molecule has 0 N–H and O–H groups in total. The van der Waals surface area contributed by atoms with Crippen molar-refractivity contribution in [3.8, 4) is 0 Å². The molecule has 7 nitrogen and oxygen atoms in total. The van der Waals surface area contributed by atoms with E-state index < -0.39 is 0 Å². The molecule has 0 unspecified atom stereocenters. The number of carbonyl (C=O) groups is 3. The Morgan fingerprint density at radius 3 is 2.28 bits per heavy atom. The lowest BCUT2D eigenvalue weighted by Gasteiger charge is -2.36. The van der Waals surface area contributed by atoms with E-state index in [2.05, 4.69) is 0 Å². The van der Waals surface area contributed by atoms with E-state index in [1.54, 1.807) is 23.2 Å². The maximum Gasteiger partial charge on any atom is 0.409 e. The lowest BCUT2D eigenvalue weighted by Crippen LogP contribution is -2.51. The van der Waals surface area contributed by atoms with E-state index in [-0.39, 0.29) is 29.2 Å². The molecule has 8 heteroatoms. The number of aryl methyl sites for hydroxylation is 1. The average molecular weight is 420 g/mol. The van der Waals surface area contributed by atoms with Gasteiger partial charge in [-0.05, 0) is 50.7 Å². The van der Waals surface area contributed by atoms with Gasteiger partial charge in [0, 0.05) is 50.1 Å². The highest BCUT2D eigenvalue weighted by atomic mass is 32.1. The van der Waals surface area contributed by atoms with E-state index in [4.69, 9.17) is 4.74 Å². The maximum absolute atomic E-state index is 13.0. The van der Waals surface area contributed by atoms with Crippen LogP contribution in [-0.4, -0.2) is 78.5 Å². The first-order chi connectivity index (χ1) is 13.9. The quantitative estimate of drug-likeness (QED) is 0.755. The Kier molecular flexibility index (Phi) is 5.55. The van der Waals surface area contributed by atoms with Crippen molar-refractivity contribution >= 4 is 29.2 Å². The van der Waals surface area contributed by atoms with Crippen molar-refractivity contribution in [3.63, 3.8) is 0 Å². The zero-order valence-corrected chi connectivity index (χ0v) is 18.0. The molecular formula is C21H29N3O4S. The second-order valence-corrected chi connectivity index (χ2v) is 9.62. The summed E-state index contributed by atoms with van der Waals surface area (Å²) >= 11 is 1.55. The van der Waals surface area contributed by atoms with Gasteiger partial charge in [-0.25, -0.2) is 4.79 Å². The number of hydrogen-bond acceptors (Lipinski definition) is 5. The van der Waals surface area contributed by atoms with E-state index in [1.165, 1.54) is 0 Å². The summed E-state index contributed by atoms with van der Waals surface area (Å²) in [5.41, 5.74) is 0.0809.